The Morgan fingerprint density at radius 2 is 2.25 bits per heavy atom. The molecule has 2 aromatic rings. The number of carbonyl (C=O) groups is 1. The van der Waals surface area contributed by atoms with Gasteiger partial charge in [0.1, 0.15) is 5.75 Å². The molecule has 1 aliphatic rings. The maximum absolute atomic E-state index is 10.5. The first kappa shape index (κ1) is 17.1. The Morgan fingerprint density at radius 1 is 1.42 bits per heavy atom. The standard InChI is InChI=1S/C16H17ClN2O4S/c17-13-8-11(22-9-10-3-4-10)5-6-12(13)15-18-19-16(23-15)24-7-1-2-14(20)21/h5-6,8,10H,1-4,7,9H2,(H,20,21). The lowest BCUT2D eigenvalue weighted by atomic mass is 10.2. The van der Waals surface area contributed by atoms with Gasteiger partial charge in [-0.05, 0) is 43.4 Å². The number of rotatable bonds is 9. The molecule has 0 radical (unpaired) electrons. The fourth-order valence-electron chi connectivity index (χ4n) is 2.02. The summed E-state index contributed by atoms with van der Waals surface area (Å²) in [5.41, 5.74) is 0.653. The van der Waals surface area contributed by atoms with Crippen LogP contribution in [0.2, 0.25) is 5.02 Å². The molecule has 6 nitrogen and oxygen atoms in total. The smallest absolute Gasteiger partial charge is 0.303 e. The van der Waals surface area contributed by atoms with E-state index in [1.54, 1.807) is 12.1 Å². The number of benzene rings is 1. The minimum atomic E-state index is -0.808. The van der Waals surface area contributed by atoms with Crippen molar-refractivity contribution in [3.8, 4) is 17.2 Å². The quantitative estimate of drug-likeness (QED) is 0.526. The number of aromatic nitrogens is 2. The zero-order valence-corrected chi connectivity index (χ0v) is 14.5. The molecule has 128 valence electrons. The summed E-state index contributed by atoms with van der Waals surface area (Å²) in [6.07, 6.45) is 3.15. The van der Waals surface area contributed by atoms with Gasteiger partial charge in [0.15, 0.2) is 0 Å². The van der Waals surface area contributed by atoms with Crippen LogP contribution in [0.1, 0.15) is 25.7 Å². The average Bonchev–Trinajstić information content (AvgIpc) is 3.27. The van der Waals surface area contributed by atoms with Gasteiger partial charge in [0.05, 0.1) is 17.2 Å². The minimum absolute atomic E-state index is 0.127. The summed E-state index contributed by atoms with van der Waals surface area (Å²) in [7, 11) is 0. The second kappa shape index (κ2) is 7.90. The van der Waals surface area contributed by atoms with E-state index in [1.807, 2.05) is 6.07 Å². The van der Waals surface area contributed by atoms with E-state index in [9.17, 15) is 4.79 Å². The summed E-state index contributed by atoms with van der Waals surface area (Å²) >= 11 is 7.62. The van der Waals surface area contributed by atoms with Crippen LogP contribution >= 0.6 is 23.4 Å². The van der Waals surface area contributed by atoms with Crippen LogP contribution in [0.4, 0.5) is 0 Å². The van der Waals surface area contributed by atoms with E-state index < -0.39 is 5.97 Å². The monoisotopic (exact) mass is 368 g/mol. The summed E-state index contributed by atoms with van der Waals surface area (Å²) in [6, 6.07) is 5.40. The Kier molecular flexibility index (Phi) is 5.63. The minimum Gasteiger partial charge on any atom is -0.493 e. The number of nitrogens with zero attached hydrogens (tertiary/aromatic N) is 2. The van der Waals surface area contributed by atoms with Crippen LogP contribution < -0.4 is 4.74 Å². The lowest BCUT2D eigenvalue weighted by Gasteiger charge is -2.06. The zero-order chi connectivity index (χ0) is 16.9. The molecule has 0 atom stereocenters. The molecule has 0 spiro atoms. The molecule has 1 aromatic carbocycles. The highest BCUT2D eigenvalue weighted by molar-refractivity contribution is 7.99. The second-order valence-corrected chi connectivity index (χ2v) is 7.07. The third-order valence-corrected chi connectivity index (χ3v) is 4.74. The molecule has 0 aliphatic heterocycles. The van der Waals surface area contributed by atoms with Gasteiger partial charge in [0.2, 0.25) is 5.89 Å². The highest BCUT2D eigenvalue weighted by atomic mass is 35.5. The molecule has 1 saturated carbocycles. The number of carboxylic acid groups (broad SMARTS) is 1. The van der Waals surface area contributed by atoms with Gasteiger partial charge >= 0.3 is 5.97 Å². The molecule has 8 heteroatoms. The predicted octanol–water partition coefficient (Wildman–Crippen LogP) is 4.14. The maximum Gasteiger partial charge on any atom is 0.303 e. The van der Waals surface area contributed by atoms with Crippen LogP contribution in [0.15, 0.2) is 27.8 Å². The summed E-state index contributed by atoms with van der Waals surface area (Å²) in [4.78, 5) is 10.5. The molecule has 0 amide bonds. The van der Waals surface area contributed by atoms with E-state index in [2.05, 4.69) is 10.2 Å². The van der Waals surface area contributed by atoms with E-state index in [0.717, 1.165) is 12.4 Å². The Labute approximate surface area is 148 Å². The van der Waals surface area contributed by atoms with Gasteiger partial charge in [-0.25, -0.2) is 0 Å². The lowest BCUT2D eigenvalue weighted by molar-refractivity contribution is -0.137. The van der Waals surface area contributed by atoms with Crippen LogP contribution in [0.5, 0.6) is 5.75 Å². The van der Waals surface area contributed by atoms with Gasteiger partial charge in [-0.3, -0.25) is 4.79 Å². The van der Waals surface area contributed by atoms with Crippen LogP contribution in [0.25, 0.3) is 11.5 Å². The van der Waals surface area contributed by atoms with Crippen molar-refractivity contribution in [3.05, 3.63) is 23.2 Å². The molecule has 1 aliphatic carbocycles. The summed E-state index contributed by atoms with van der Waals surface area (Å²) in [6.45, 7) is 0.730. The Bertz CT molecular complexity index is 718. The van der Waals surface area contributed by atoms with Gasteiger partial charge in [0, 0.05) is 12.2 Å². The van der Waals surface area contributed by atoms with Crippen molar-refractivity contribution in [2.24, 2.45) is 5.92 Å². The fourth-order valence-corrected chi connectivity index (χ4v) is 2.97. The number of halogens is 1. The number of aliphatic carboxylic acids is 1. The van der Waals surface area contributed by atoms with E-state index in [4.69, 9.17) is 25.9 Å². The van der Waals surface area contributed by atoms with Crippen molar-refractivity contribution >= 4 is 29.3 Å². The number of hydrogen-bond donors (Lipinski definition) is 1. The first-order valence-electron chi connectivity index (χ1n) is 7.72. The van der Waals surface area contributed by atoms with E-state index >= 15 is 0 Å². The van der Waals surface area contributed by atoms with Crippen molar-refractivity contribution in [2.75, 3.05) is 12.4 Å². The van der Waals surface area contributed by atoms with Crippen molar-refractivity contribution in [3.63, 3.8) is 0 Å². The molecular weight excluding hydrogens is 352 g/mol. The van der Waals surface area contributed by atoms with Crippen molar-refractivity contribution in [1.82, 2.24) is 10.2 Å². The SMILES string of the molecule is O=C(O)CCCSc1nnc(-c2ccc(OCC3CC3)cc2Cl)o1. The van der Waals surface area contributed by atoms with E-state index in [0.29, 0.717) is 39.8 Å². The molecule has 24 heavy (non-hydrogen) atoms. The van der Waals surface area contributed by atoms with E-state index in [1.165, 1.54) is 24.6 Å². The first-order chi connectivity index (χ1) is 11.6. The molecular formula is C16H17ClN2O4S. The van der Waals surface area contributed by atoms with Crippen LogP contribution in [0, 0.1) is 5.92 Å². The molecule has 1 N–H and O–H groups in total. The Balaban J connectivity index is 1.58. The third-order valence-electron chi connectivity index (χ3n) is 3.52. The second-order valence-electron chi connectivity index (χ2n) is 5.61. The number of hydrogen-bond acceptors (Lipinski definition) is 6. The van der Waals surface area contributed by atoms with Crippen LogP contribution in [-0.2, 0) is 4.79 Å². The molecule has 0 saturated heterocycles. The highest BCUT2D eigenvalue weighted by Gasteiger charge is 2.22. The van der Waals surface area contributed by atoms with Crippen molar-refractivity contribution in [1.29, 1.82) is 0 Å². The molecule has 3 rings (SSSR count). The van der Waals surface area contributed by atoms with Gasteiger partial charge in [-0.1, -0.05) is 23.4 Å². The first-order valence-corrected chi connectivity index (χ1v) is 9.09. The number of ether oxygens (including phenoxy) is 1. The number of carboxylic acids is 1. The number of thioether (sulfide) groups is 1. The molecule has 0 unspecified atom stereocenters. The predicted molar refractivity (Wildman–Crippen MR) is 90.6 cm³/mol. The average molecular weight is 369 g/mol. The van der Waals surface area contributed by atoms with E-state index in [-0.39, 0.29) is 6.42 Å². The van der Waals surface area contributed by atoms with Gasteiger partial charge in [-0.15, -0.1) is 10.2 Å². The molecule has 0 bridgehead atoms. The Morgan fingerprint density at radius 3 is 2.96 bits per heavy atom. The van der Waals surface area contributed by atoms with Gasteiger partial charge in [0.25, 0.3) is 5.22 Å². The fraction of sp³-hybridized carbons (Fsp3) is 0.438. The van der Waals surface area contributed by atoms with Gasteiger partial charge < -0.3 is 14.3 Å². The summed E-state index contributed by atoms with van der Waals surface area (Å²) in [5.74, 6) is 1.56. The van der Waals surface area contributed by atoms with Crippen molar-refractivity contribution in [2.45, 2.75) is 30.9 Å². The maximum atomic E-state index is 10.5. The van der Waals surface area contributed by atoms with Crippen LogP contribution in [0.3, 0.4) is 0 Å². The largest absolute Gasteiger partial charge is 0.493 e. The summed E-state index contributed by atoms with van der Waals surface area (Å²) in [5, 5.41) is 17.4. The van der Waals surface area contributed by atoms with Crippen LogP contribution in [-0.4, -0.2) is 33.6 Å². The molecule has 1 heterocycles. The zero-order valence-electron chi connectivity index (χ0n) is 12.9. The highest BCUT2D eigenvalue weighted by Crippen LogP contribution is 2.33. The lowest BCUT2D eigenvalue weighted by Crippen LogP contribution is -1.98. The normalized spacial score (nSPS) is 13.9. The van der Waals surface area contributed by atoms with Gasteiger partial charge in [-0.2, -0.15) is 0 Å². The molecule has 1 aromatic heterocycles. The van der Waals surface area contributed by atoms with Crippen molar-refractivity contribution < 1.29 is 19.1 Å². The Hall–Kier alpha value is -1.73. The third kappa shape index (κ3) is 4.88. The molecule has 1 fully saturated rings. The summed E-state index contributed by atoms with van der Waals surface area (Å²) < 4.78 is 11.3. The topological polar surface area (TPSA) is 85.5 Å².